The highest BCUT2D eigenvalue weighted by Crippen LogP contribution is 2.22. The molecule has 0 bridgehead atoms. The summed E-state index contributed by atoms with van der Waals surface area (Å²) in [5.41, 5.74) is 2.91. The highest BCUT2D eigenvalue weighted by Gasteiger charge is 2.17. The highest BCUT2D eigenvalue weighted by molar-refractivity contribution is 6.12. The number of pyridine rings is 2. The summed E-state index contributed by atoms with van der Waals surface area (Å²) in [4.78, 5) is 20.5. The summed E-state index contributed by atoms with van der Waals surface area (Å²) < 4.78 is 5.12. The van der Waals surface area contributed by atoms with E-state index in [1.807, 2.05) is 0 Å². The zero-order valence-corrected chi connectivity index (χ0v) is 11.0. The Hall–Kier alpha value is -2.76. The van der Waals surface area contributed by atoms with Gasteiger partial charge in [-0.15, -0.1) is 0 Å². The van der Waals surface area contributed by atoms with Crippen LogP contribution >= 0.6 is 0 Å². The second kappa shape index (κ2) is 4.73. The molecule has 20 heavy (non-hydrogen) atoms. The topological polar surface area (TPSA) is 80.9 Å². The maximum atomic E-state index is 12.4. The van der Waals surface area contributed by atoms with E-state index in [1.165, 1.54) is 0 Å². The van der Waals surface area contributed by atoms with Gasteiger partial charge in [-0.05, 0) is 32.0 Å². The van der Waals surface area contributed by atoms with E-state index in [0.29, 0.717) is 33.7 Å². The van der Waals surface area contributed by atoms with E-state index < -0.39 is 0 Å². The van der Waals surface area contributed by atoms with Crippen LogP contribution < -0.4 is 5.32 Å². The average Bonchev–Trinajstić information content (AvgIpc) is 2.80. The molecule has 0 aromatic carbocycles. The quantitative estimate of drug-likeness (QED) is 0.772. The summed E-state index contributed by atoms with van der Waals surface area (Å²) in [6.07, 6.45) is 3.24. The number of amides is 1. The second-order valence-electron chi connectivity index (χ2n) is 4.45. The fourth-order valence-corrected chi connectivity index (χ4v) is 2.03. The predicted molar refractivity (Wildman–Crippen MR) is 73.5 cm³/mol. The Morgan fingerprint density at radius 3 is 2.75 bits per heavy atom. The number of carbonyl (C=O) groups excluding carboxylic acids is 1. The van der Waals surface area contributed by atoms with E-state index in [-0.39, 0.29) is 5.91 Å². The Kier molecular flexibility index (Phi) is 2.90. The minimum Gasteiger partial charge on any atom is -0.336 e. The van der Waals surface area contributed by atoms with Crippen LogP contribution in [0, 0.1) is 13.8 Å². The van der Waals surface area contributed by atoms with Crippen molar-refractivity contribution >= 4 is 22.7 Å². The zero-order valence-electron chi connectivity index (χ0n) is 11.0. The summed E-state index contributed by atoms with van der Waals surface area (Å²) in [6, 6.07) is 5.18. The predicted octanol–water partition coefficient (Wildman–Crippen LogP) is 2.49. The SMILES string of the molecule is Cc1cc(C(=O)Nc2ccncc2)c2c(C)noc2n1. The minimum absolute atomic E-state index is 0.224. The van der Waals surface area contributed by atoms with Crippen molar-refractivity contribution in [2.45, 2.75) is 13.8 Å². The summed E-state index contributed by atoms with van der Waals surface area (Å²) >= 11 is 0. The number of aromatic nitrogens is 3. The van der Waals surface area contributed by atoms with Gasteiger partial charge >= 0.3 is 0 Å². The lowest BCUT2D eigenvalue weighted by Gasteiger charge is -2.06. The summed E-state index contributed by atoms with van der Waals surface area (Å²) in [5, 5.41) is 7.32. The lowest BCUT2D eigenvalue weighted by molar-refractivity contribution is 0.102. The zero-order chi connectivity index (χ0) is 14.1. The van der Waals surface area contributed by atoms with Gasteiger partial charge in [0.25, 0.3) is 11.6 Å². The van der Waals surface area contributed by atoms with Gasteiger partial charge in [-0.3, -0.25) is 9.78 Å². The van der Waals surface area contributed by atoms with Crippen LogP contribution in [-0.4, -0.2) is 21.0 Å². The van der Waals surface area contributed by atoms with E-state index in [1.54, 1.807) is 44.4 Å². The number of anilines is 1. The molecule has 0 fully saturated rings. The van der Waals surface area contributed by atoms with E-state index in [2.05, 4.69) is 20.4 Å². The van der Waals surface area contributed by atoms with Crippen LogP contribution in [0.15, 0.2) is 35.1 Å². The lowest BCUT2D eigenvalue weighted by atomic mass is 10.1. The van der Waals surface area contributed by atoms with Crippen LogP contribution in [-0.2, 0) is 0 Å². The van der Waals surface area contributed by atoms with Crippen LogP contribution in [0.2, 0.25) is 0 Å². The van der Waals surface area contributed by atoms with Crippen molar-refractivity contribution < 1.29 is 9.32 Å². The molecule has 0 aliphatic rings. The van der Waals surface area contributed by atoms with E-state index in [0.717, 1.165) is 0 Å². The van der Waals surface area contributed by atoms with Gasteiger partial charge in [0, 0.05) is 23.8 Å². The Bertz CT molecular complexity index is 780. The van der Waals surface area contributed by atoms with Crippen LogP contribution in [0.1, 0.15) is 21.7 Å². The third kappa shape index (κ3) is 2.11. The summed E-state index contributed by atoms with van der Waals surface area (Å²) in [7, 11) is 0. The molecule has 0 aliphatic heterocycles. The molecule has 6 heteroatoms. The van der Waals surface area contributed by atoms with Crippen molar-refractivity contribution in [2.24, 2.45) is 0 Å². The molecule has 0 saturated carbocycles. The van der Waals surface area contributed by atoms with Gasteiger partial charge in [-0.2, -0.15) is 0 Å². The summed E-state index contributed by atoms with van der Waals surface area (Å²) in [6.45, 7) is 3.59. The Morgan fingerprint density at radius 2 is 2.00 bits per heavy atom. The van der Waals surface area contributed by atoms with Gasteiger partial charge in [0.15, 0.2) is 0 Å². The molecule has 3 aromatic heterocycles. The molecular formula is C14H12N4O2. The number of fused-ring (bicyclic) bond motifs is 1. The number of hydrogen-bond donors (Lipinski definition) is 1. The standard InChI is InChI=1S/C14H12N4O2/c1-8-7-11(12-9(2)18-20-14(12)16-8)13(19)17-10-3-5-15-6-4-10/h3-7H,1-2H3,(H,15,17,19). The van der Waals surface area contributed by atoms with E-state index in [9.17, 15) is 4.79 Å². The van der Waals surface area contributed by atoms with E-state index >= 15 is 0 Å². The maximum absolute atomic E-state index is 12.4. The largest absolute Gasteiger partial charge is 0.336 e. The molecular weight excluding hydrogens is 256 g/mol. The fourth-order valence-electron chi connectivity index (χ4n) is 2.03. The normalized spacial score (nSPS) is 10.7. The molecule has 3 heterocycles. The van der Waals surface area contributed by atoms with Gasteiger partial charge in [0.05, 0.1) is 16.6 Å². The van der Waals surface area contributed by atoms with Crippen molar-refractivity contribution in [3.05, 3.63) is 47.5 Å². The van der Waals surface area contributed by atoms with Gasteiger partial charge < -0.3 is 9.84 Å². The fraction of sp³-hybridized carbons (Fsp3) is 0.143. The van der Waals surface area contributed by atoms with Crippen LogP contribution in [0.25, 0.3) is 11.1 Å². The van der Waals surface area contributed by atoms with Crippen LogP contribution in [0.5, 0.6) is 0 Å². The molecule has 3 rings (SSSR count). The first kappa shape index (κ1) is 12.3. The molecule has 0 saturated heterocycles. The molecule has 0 aliphatic carbocycles. The number of hydrogen-bond acceptors (Lipinski definition) is 5. The molecule has 3 aromatic rings. The Morgan fingerprint density at radius 1 is 1.25 bits per heavy atom. The molecule has 6 nitrogen and oxygen atoms in total. The smallest absolute Gasteiger partial charge is 0.258 e. The van der Waals surface area contributed by atoms with E-state index in [4.69, 9.17) is 4.52 Å². The Balaban J connectivity index is 2.05. The number of nitrogens with zero attached hydrogens (tertiary/aromatic N) is 3. The van der Waals surface area contributed by atoms with Crippen molar-refractivity contribution in [1.29, 1.82) is 0 Å². The first-order valence-electron chi connectivity index (χ1n) is 6.10. The molecule has 0 radical (unpaired) electrons. The number of rotatable bonds is 2. The monoisotopic (exact) mass is 268 g/mol. The number of aryl methyl sites for hydroxylation is 2. The van der Waals surface area contributed by atoms with Crippen molar-refractivity contribution in [3.8, 4) is 0 Å². The molecule has 1 N–H and O–H groups in total. The van der Waals surface area contributed by atoms with Crippen molar-refractivity contribution in [2.75, 3.05) is 5.32 Å². The van der Waals surface area contributed by atoms with Crippen molar-refractivity contribution in [3.63, 3.8) is 0 Å². The first-order valence-corrected chi connectivity index (χ1v) is 6.10. The Labute approximate surface area is 114 Å². The summed E-state index contributed by atoms with van der Waals surface area (Å²) in [5.74, 6) is -0.224. The van der Waals surface area contributed by atoms with Gasteiger partial charge in [-0.25, -0.2) is 4.98 Å². The molecule has 0 spiro atoms. The maximum Gasteiger partial charge on any atom is 0.258 e. The average molecular weight is 268 g/mol. The second-order valence-corrected chi connectivity index (χ2v) is 4.45. The van der Waals surface area contributed by atoms with Crippen LogP contribution in [0.3, 0.4) is 0 Å². The van der Waals surface area contributed by atoms with Crippen LogP contribution in [0.4, 0.5) is 5.69 Å². The third-order valence-electron chi connectivity index (χ3n) is 2.93. The number of carbonyl (C=O) groups is 1. The van der Waals surface area contributed by atoms with Gasteiger partial charge in [0.1, 0.15) is 0 Å². The first-order chi connectivity index (χ1) is 9.65. The highest BCUT2D eigenvalue weighted by atomic mass is 16.5. The lowest BCUT2D eigenvalue weighted by Crippen LogP contribution is -2.13. The molecule has 1 amide bonds. The van der Waals surface area contributed by atoms with Crippen molar-refractivity contribution in [1.82, 2.24) is 15.1 Å². The number of nitrogens with one attached hydrogen (secondary N) is 1. The van der Waals surface area contributed by atoms with Gasteiger partial charge in [-0.1, -0.05) is 5.16 Å². The molecule has 100 valence electrons. The molecule has 0 atom stereocenters. The van der Waals surface area contributed by atoms with Gasteiger partial charge in [0.2, 0.25) is 0 Å². The third-order valence-corrected chi connectivity index (χ3v) is 2.93. The minimum atomic E-state index is -0.224. The molecule has 0 unspecified atom stereocenters.